The molecule has 1 aliphatic heterocycles. The van der Waals surface area contributed by atoms with Crippen molar-refractivity contribution in [2.75, 3.05) is 31.1 Å². The van der Waals surface area contributed by atoms with Gasteiger partial charge in [0.05, 0.1) is 0 Å². The van der Waals surface area contributed by atoms with Gasteiger partial charge in [0.15, 0.2) is 0 Å². The highest BCUT2D eigenvalue weighted by atomic mass is 79.9. The second-order valence-corrected chi connectivity index (χ2v) is 9.57. The van der Waals surface area contributed by atoms with E-state index in [1.54, 1.807) is 0 Å². The van der Waals surface area contributed by atoms with Crippen LogP contribution in [0.4, 0.5) is 5.69 Å². The molecule has 168 valence electrons. The Bertz CT molecular complexity index is 1220. The van der Waals surface area contributed by atoms with Crippen molar-refractivity contribution >= 4 is 33.2 Å². The van der Waals surface area contributed by atoms with Crippen LogP contribution in [-0.4, -0.2) is 41.3 Å². The lowest BCUT2D eigenvalue weighted by molar-refractivity contribution is 0.188. The van der Waals surface area contributed by atoms with Crippen LogP contribution in [0.15, 0.2) is 81.7 Å². The maximum absolute atomic E-state index is 6.27. The summed E-state index contributed by atoms with van der Waals surface area (Å²) >= 11 is 9.82. The van der Waals surface area contributed by atoms with E-state index in [1.165, 1.54) is 11.3 Å². The summed E-state index contributed by atoms with van der Waals surface area (Å²) in [5.74, 6) is 1.16. The summed E-state index contributed by atoms with van der Waals surface area (Å²) in [6.45, 7) is 5.67. The van der Waals surface area contributed by atoms with Gasteiger partial charge in [0.25, 0.3) is 0 Å². The molecule has 0 N–H and O–H groups in total. The molecule has 0 saturated carbocycles. The Labute approximate surface area is 207 Å². The van der Waals surface area contributed by atoms with Crippen LogP contribution >= 0.6 is 27.5 Å². The van der Waals surface area contributed by atoms with Crippen molar-refractivity contribution in [1.82, 2.24) is 15.1 Å². The monoisotopic (exact) mass is 522 g/mol. The molecule has 0 bridgehead atoms. The number of piperazine rings is 1. The molecular formula is C26H24BrClN4O. The van der Waals surface area contributed by atoms with E-state index < -0.39 is 0 Å². The van der Waals surface area contributed by atoms with Crippen LogP contribution in [0.2, 0.25) is 5.02 Å². The zero-order valence-electron chi connectivity index (χ0n) is 18.3. The number of hydrogen-bond acceptors (Lipinski definition) is 5. The minimum atomic E-state index is -0.106. The van der Waals surface area contributed by atoms with Gasteiger partial charge in [-0.3, -0.25) is 4.90 Å². The third kappa shape index (κ3) is 4.83. The molecule has 1 fully saturated rings. The molecule has 1 aromatic heterocycles. The van der Waals surface area contributed by atoms with Crippen LogP contribution in [-0.2, 0) is 0 Å². The van der Waals surface area contributed by atoms with Crippen molar-refractivity contribution < 1.29 is 4.42 Å². The molecule has 1 saturated heterocycles. The van der Waals surface area contributed by atoms with Gasteiger partial charge in [0.1, 0.15) is 6.04 Å². The molecule has 0 amide bonds. The first-order valence-electron chi connectivity index (χ1n) is 11.0. The highest BCUT2D eigenvalue weighted by Gasteiger charge is 2.31. The van der Waals surface area contributed by atoms with Crippen LogP contribution in [0.25, 0.3) is 11.5 Å². The van der Waals surface area contributed by atoms with E-state index in [-0.39, 0.29) is 6.04 Å². The molecular weight excluding hydrogens is 500 g/mol. The number of anilines is 1. The molecule has 5 nitrogen and oxygen atoms in total. The number of rotatable bonds is 5. The van der Waals surface area contributed by atoms with E-state index in [9.17, 15) is 0 Å². The van der Waals surface area contributed by atoms with Crippen LogP contribution in [0.3, 0.4) is 0 Å². The van der Waals surface area contributed by atoms with Gasteiger partial charge in [-0.1, -0.05) is 63.9 Å². The van der Waals surface area contributed by atoms with Crippen molar-refractivity contribution in [3.05, 3.63) is 99.3 Å². The quantitative estimate of drug-likeness (QED) is 0.304. The van der Waals surface area contributed by atoms with Crippen LogP contribution < -0.4 is 4.90 Å². The molecule has 1 unspecified atom stereocenters. The minimum Gasteiger partial charge on any atom is -0.419 e. The summed E-state index contributed by atoms with van der Waals surface area (Å²) in [6.07, 6.45) is 0. The summed E-state index contributed by atoms with van der Waals surface area (Å²) in [5, 5.41) is 9.59. The highest BCUT2D eigenvalue weighted by Crippen LogP contribution is 2.33. The third-order valence-corrected chi connectivity index (χ3v) is 6.84. The smallest absolute Gasteiger partial charge is 0.247 e. The lowest BCUT2D eigenvalue weighted by Gasteiger charge is -2.39. The minimum absolute atomic E-state index is 0.106. The van der Waals surface area contributed by atoms with Gasteiger partial charge in [0, 0.05) is 46.9 Å². The molecule has 7 heteroatoms. The van der Waals surface area contributed by atoms with Crippen molar-refractivity contribution in [3.63, 3.8) is 0 Å². The van der Waals surface area contributed by atoms with Gasteiger partial charge in [-0.05, 0) is 54.4 Å². The predicted octanol–water partition coefficient (Wildman–Crippen LogP) is 6.37. The Morgan fingerprint density at radius 2 is 1.64 bits per heavy atom. The first-order valence-corrected chi connectivity index (χ1v) is 12.1. The number of hydrogen-bond donors (Lipinski definition) is 0. The lowest BCUT2D eigenvalue weighted by atomic mass is 10.0. The van der Waals surface area contributed by atoms with Gasteiger partial charge in [0.2, 0.25) is 11.8 Å². The Balaban J connectivity index is 1.42. The van der Waals surface area contributed by atoms with E-state index in [2.05, 4.69) is 79.2 Å². The van der Waals surface area contributed by atoms with Gasteiger partial charge in [-0.25, -0.2) is 0 Å². The fourth-order valence-electron chi connectivity index (χ4n) is 4.34. The number of aryl methyl sites for hydroxylation is 1. The predicted molar refractivity (Wildman–Crippen MR) is 136 cm³/mol. The molecule has 3 aromatic carbocycles. The zero-order chi connectivity index (χ0) is 22.8. The van der Waals surface area contributed by atoms with Gasteiger partial charge in [-0.15, -0.1) is 10.2 Å². The Morgan fingerprint density at radius 3 is 2.36 bits per heavy atom. The van der Waals surface area contributed by atoms with Crippen LogP contribution in [0, 0.1) is 6.92 Å². The fraction of sp³-hybridized carbons (Fsp3) is 0.231. The van der Waals surface area contributed by atoms with Crippen molar-refractivity contribution in [3.8, 4) is 11.5 Å². The number of aromatic nitrogens is 2. The van der Waals surface area contributed by atoms with Crippen molar-refractivity contribution in [2.24, 2.45) is 0 Å². The molecule has 33 heavy (non-hydrogen) atoms. The molecule has 1 aliphatic rings. The fourth-order valence-corrected chi connectivity index (χ4v) is 4.77. The van der Waals surface area contributed by atoms with Crippen molar-refractivity contribution in [1.29, 1.82) is 0 Å². The summed E-state index contributed by atoms with van der Waals surface area (Å²) in [4.78, 5) is 4.82. The first kappa shape index (κ1) is 22.1. The molecule has 0 aliphatic carbocycles. The van der Waals surface area contributed by atoms with Gasteiger partial charge >= 0.3 is 0 Å². The van der Waals surface area contributed by atoms with E-state index in [0.717, 1.165) is 46.8 Å². The standard InChI is InChI=1S/C26H24BrClN4O/c1-18-7-12-22(28)17-23(18)31-13-15-32(16-14-31)24(19-8-10-21(27)11-9-19)26-30-29-25(33-26)20-5-3-2-4-6-20/h2-12,17,24H,13-16H2,1H3. The Hall–Kier alpha value is -2.67. The average Bonchev–Trinajstić information content (AvgIpc) is 3.33. The Morgan fingerprint density at radius 1 is 0.909 bits per heavy atom. The van der Waals surface area contributed by atoms with E-state index >= 15 is 0 Å². The van der Waals surface area contributed by atoms with E-state index in [4.69, 9.17) is 16.0 Å². The molecule has 2 heterocycles. The average molecular weight is 524 g/mol. The maximum atomic E-state index is 6.27. The lowest BCUT2D eigenvalue weighted by Crippen LogP contribution is -2.48. The second kappa shape index (κ2) is 9.67. The number of benzene rings is 3. The third-order valence-electron chi connectivity index (χ3n) is 6.07. The molecule has 5 rings (SSSR count). The summed E-state index contributed by atoms with van der Waals surface area (Å²) in [6, 6.07) is 24.2. The molecule has 0 radical (unpaired) electrons. The van der Waals surface area contributed by atoms with Gasteiger partial charge in [-0.2, -0.15) is 0 Å². The number of nitrogens with zero attached hydrogens (tertiary/aromatic N) is 4. The topological polar surface area (TPSA) is 45.4 Å². The van der Waals surface area contributed by atoms with Crippen molar-refractivity contribution in [2.45, 2.75) is 13.0 Å². The Kier molecular flexibility index (Phi) is 6.49. The molecule has 1 atom stereocenters. The normalized spacial score (nSPS) is 15.5. The maximum Gasteiger partial charge on any atom is 0.247 e. The summed E-state index contributed by atoms with van der Waals surface area (Å²) in [5.41, 5.74) is 4.49. The highest BCUT2D eigenvalue weighted by molar-refractivity contribution is 9.10. The van der Waals surface area contributed by atoms with Crippen LogP contribution in [0.5, 0.6) is 0 Å². The SMILES string of the molecule is Cc1ccc(Cl)cc1N1CCN(C(c2ccc(Br)cc2)c2nnc(-c3ccccc3)o2)CC1. The molecule has 4 aromatic rings. The largest absolute Gasteiger partial charge is 0.419 e. The second-order valence-electron chi connectivity index (χ2n) is 8.22. The number of halogens is 2. The molecule has 0 spiro atoms. The first-order chi connectivity index (χ1) is 16.1. The van der Waals surface area contributed by atoms with Crippen LogP contribution in [0.1, 0.15) is 23.1 Å². The van der Waals surface area contributed by atoms with E-state index in [1.807, 2.05) is 36.4 Å². The summed E-state index contributed by atoms with van der Waals surface area (Å²) in [7, 11) is 0. The van der Waals surface area contributed by atoms with Gasteiger partial charge < -0.3 is 9.32 Å². The zero-order valence-corrected chi connectivity index (χ0v) is 20.6. The van der Waals surface area contributed by atoms with E-state index in [0.29, 0.717) is 11.8 Å². The summed E-state index contributed by atoms with van der Waals surface area (Å²) < 4.78 is 7.25.